The van der Waals surface area contributed by atoms with Crippen molar-refractivity contribution in [2.45, 2.75) is 25.8 Å². The van der Waals surface area contributed by atoms with Crippen molar-refractivity contribution in [3.8, 4) is 6.07 Å². The van der Waals surface area contributed by atoms with Crippen molar-refractivity contribution in [3.63, 3.8) is 0 Å². The molecule has 17 heavy (non-hydrogen) atoms. The molecular weight excluding hydrogens is 218 g/mol. The summed E-state index contributed by atoms with van der Waals surface area (Å²) in [7, 11) is 0. The van der Waals surface area contributed by atoms with Crippen molar-refractivity contribution in [2.75, 3.05) is 0 Å². The van der Waals surface area contributed by atoms with Crippen LogP contribution in [-0.4, -0.2) is 21.7 Å². The lowest BCUT2D eigenvalue weighted by Gasteiger charge is -2.24. The molecule has 2 heterocycles. The van der Waals surface area contributed by atoms with Crippen molar-refractivity contribution < 1.29 is 9.59 Å². The molecule has 5 heteroatoms. The second-order valence-electron chi connectivity index (χ2n) is 3.89. The molecule has 1 fully saturated rings. The third-order valence-electron chi connectivity index (χ3n) is 2.66. The number of likely N-dealkylation sites (tertiary alicyclic amines) is 1. The average Bonchev–Trinajstić information content (AvgIpc) is 2.34. The zero-order chi connectivity index (χ0) is 12.3. The Balaban J connectivity index is 2.16. The summed E-state index contributed by atoms with van der Waals surface area (Å²) in [6.07, 6.45) is 2.98. The van der Waals surface area contributed by atoms with Crippen LogP contribution in [0.3, 0.4) is 0 Å². The molecule has 0 unspecified atom stereocenters. The second-order valence-corrected chi connectivity index (χ2v) is 3.89. The van der Waals surface area contributed by atoms with Crippen LogP contribution < -0.4 is 0 Å². The molecule has 0 N–H and O–H groups in total. The number of rotatable bonds is 2. The summed E-state index contributed by atoms with van der Waals surface area (Å²) >= 11 is 0. The molecule has 0 atom stereocenters. The number of nitriles is 1. The van der Waals surface area contributed by atoms with Gasteiger partial charge in [0.05, 0.1) is 6.54 Å². The van der Waals surface area contributed by atoms with Gasteiger partial charge in [-0.1, -0.05) is 0 Å². The van der Waals surface area contributed by atoms with Gasteiger partial charge in [0.2, 0.25) is 11.8 Å². The third kappa shape index (κ3) is 2.48. The van der Waals surface area contributed by atoms with Gasteiger partial charge in [0.1, 0.15) is 11.8 Å². The van der Waals surface area contributed by atoms with Crippen molar-refractivity contribution in [3.05, 3.63) is 29.6 Å². The lowest BCUT2D eigenvalue weighted by molar-refractivity contribution is -0.148. The number of amides is 2. The van der Waals surface area contributed by atoms with E-state index in [1.807, 2.05) is 6.07 Å². The SMILES string of the molecule is N#Cc1cc(CN2C(=O)CCCC2=O)ccn1. The van der Waals surface area contributed by atoms with Crippen LogP contribution in [0.1, 0.15) is 30.5 Å². The number of pyridine rings is 1. The molecule has 1 aliphatic rings. The lowest BCUT2D eigenvalue weighted by Crippen LogP contribution is -2.39. The summed E-state index contributed by atoms with van der Waals surface area (Å²) in [4.78, 5) is 28.3. The molecule has 5 nitrogen and oxygen atoms in total. The van der Waals surface area contributed by atoms with Crippen LogP contribution in [0.5, 0.6) is 0 Å². The number of carbonyl (C=O) groups is 2. The molecule has 2 amide bonds. The van der Waals surface area contributed by atoms with E-state index in [1.54, 1.807) is 12.1 Å². The highest BCUT2D eigenvalue weighted by Crippen LogP contribution is 2.15. The number of aromatic nitrogens is 1. The molecule has 0 radical (unpaired) electrons. The van der Waals surface area contributed by atoms with Crippen molar-refractivity contribution in [1.29, 1.82) is 5.26 Å². The minimum atomic E-state index is -0.142. The van der Waals surface area contributed by atoms with Gasteiger partial charge in [-0.3, -0.25) is 14.5 Å². The van der Waals surface area contributed by atoms with Crippen LogP contribution in [-0.2, 0) is 16.1 Å². The molecule has 2 rings (SSSR count). The Labute approximate surface area is 98.7 Å². The van der Waals surface area contributed by atoms with E-state index >= 15 is 0 Å². The Kier molecular flexibility index (Phi) is 3.15. The quantitative estimate of drug-likeness (QED) is 0.709. The molecule has 1 aliphatic heterocycles. The van der Waals surface area contributed by atoms with Gasteiger partial charge in [-0.2, -0.15) is 5.26 Å². The predicted octanol–water partition coefficient (Wildman–Crippen LogP) is 0.992. The normalized spacial score (nSPS) is 15.8. The van der Waals surface area contributed by atoms with Crippen molar-refractivity contribution in [1.82, 2.24) is 9.88 Å². The maximum absolute atomic E-state index is 11.6. The number of hydrogen-bond donors (Lipinski definition) is 0. The predicted molar refractivity (Wildman–Crippen MR) is 58.4 cm³/mol. The molecule has 0 saturated carbocycles. The highest BCUT2D eigenvalue weighted by atomic mass is 16.2. The van der Waals surface area contributed by atoms with E-state index in [-0.39, 0.29) is 18.4 Å². The summed E-state index contributed by atoms with van der Waals surface area (Å²) in [5, 5.41) is 8.71. The molecule has 86 valence electrons. The Hall–Kier alpha value is -2.22. The molecular formula is C12H11N3O2. The number of nitrogens with zero attached hydrogens (tertiary/aromatic N) is 3. The van der Waals surface area contributed by atoms with Crippen LogP contribution in [0.15, 0.2) is 18.3 Å². The third-order valence-corrected chi connectivity index (χ3v) is 2.66. The molecule has 1 saturated heterocycles. The van der Waals surface area contributed by atoms with Crippen molar-refractivity contribution in [2.24, 2.45) is 0 Å². The molecule has 0 aromatic carbocycles. The average molecular weight is 229 g/mol. The Morgan fingerprint density at radius 2 is 2.06 bits per heavy atom. The lowest BCUT2D eigenvalue weighted by atomic mass is 10.1. The van der Waals surface area contributed by atoms with Crippen LogP contribution in [0.2, 0.25) is 0 Å². The van der Waals surface area contributed by atoms with Crippen LogP contribution in [0, 0.1) is 11.3 Å². The molecule has 1 aromatic rings. The van der Waals surface area contributed by atoms with Crippen LogP contribution >= 0.6 is 0 Å². The minimum absolute atomic E-state index is 0.142. The van der Waals surface area contributed by atoms with Gasteiger partial charge in [0.15, 0.2) is 0 Å². The monoisotopic (exact) mass is 229 g/mol. The van der Waals surface area contributed by atoms with E-state index < -0.39 is 0 Å². The van der Waals surface area contributed by atoms with Crippen molar-refractivity contribution >= 4 is 11.8 Å². The van der Waals surface area contributed by atoms with E-state index in [1.165, 1.54) is 11.1 Å². The maximum Gasteiger partial charge on any atom is 0.229 e. The van der Waals surface area contributed by atoms with Gasteiger partial charge in [-0.25, -0.2) is 4.98 Å². The fourth-order valence-corrected chi connectivity index (χ4v) is 1.79. The Morgan fingerprint density at radius 3 is 2.71 bits per heavy atom. The first kappa shape index (κ1) is 11.3. The van der Waals surface area contributed by atoms with Crippen LogP contribution in [0.25, 0.3) is 0 Å². The topological polar surface area (TPSA) is 74.1 Å². The van der Waals surface area contributed by atoms with Gasteiger partial charge in [-0.15, -0.1) is 0 Å². The largest absolute Gasteiger partial charge is 0.278 e. The van der Waals surface area contributed by atoms with E-state index in [2.05, 4.69) is 4.98 Å². The molecule has 0 spiro atoms. The fourth-order valence-electron chi connectivity index (χ4n) is 1.79. The number of piperidine rings is 1. The zero-order valence-electron chi connectivity index (χ0n) is 9.22. The Morgan fingerprint density at radius 1 is 1.35 bits per heavy atom. The first-order chi connectivity index (χ1) is 8.20. The van der Waals surface area contributed by atoms with Gasteiger partial charge in [-0.05, 0) is 24.1 Å². The van der Waals surface area contributed by atoms with Gasteiger partial charge in [0.25, 0.3) is 0 Å². The van der Waals surface area contributed by atoms with Gasteiger partial charge >= 0.3 is 0 Å². The first-order valence-electron chi connectivity index (χ1n) is 5.39. The van der Waals surface area contributed by atoms with Gasteiger partial charge in [0, 0.05) is 19.0 Å². The van der Waals surface area contributed by atoms with Crippen LogP contribution in [0.4, 0.5) is 0 Å². The minimum Gasteiger partial charge on any atom is -0.278 e. The first-order valence-corrected chi connectivity index (χ1v) is 5.39. The highest BCUT2D eigenvalue weighted by molar-refractivity contribution is 5.97. The molecule has 0 aliphatic carbocycles. The van der Waals surface area contributed by atoms with Gasteiger partial charge < -0.3 is 0 Å². The van der Waals surface area contributed by atoms with E-state index in [4.69, 9.17) is 5.26 Å². The van der Waals surface area contributed by atoms with E-state index in [0.717, 1.165) is 5.56 Å². The van der Waals surface area contributed by atoms with E-state index in [0.29, 0.717) is 25.0 Å². The highest BCUT2D eigenvalue weighted by Gasteiger charge is 2.25. The molecule has 0 bridgehead atoms. The maximum atomic E-state index is 11.6. The summed E-state index contributed by atoms with van der Waals surface area (Å²) in [6, 6.07) is 5.22. The number of imide groups is 1. The second kappa shape index (κ2) is 4.74. The summed E-state index contributed by atoms with van der Waals surface area (Å²) < 4.78 is 0. The Bertz CT molecular complexity index is 489. The number of carbonyl (C=O) groups excluding carboxylic acids is 2. The fraction of sp³-hybridized carbons (Fsp3) is 0.333. The number of hydrogen-bond acceptors (Lipinski definition) is 4. The standard InChI is InChI=1S/C12H11N3O2/c13-7-10-6-9(4-5-14-10)8-15-11(16)2-1-3-12(15)17/h4-6H,1-3,8H2. The summed E-state index contributed by atoms with van der Waals surface area (Å²) in [5.41, 5.74) is 1.04. The molecule has 1 aromatic heterocycles. The van der Waals surface area contributed by atoms with E-state index in [9.17, 15) is 9.59 Å². The zero-order valence-corrected chi connectivity index (χ0v) is 9.22. The summed E-state index contributed by atoms with van der Waals surface area (Å²) in [5.74, 6) is -0.284. The smallest absolute Gasteiger partial charge is 0.229 e. The summed E-state index contributed by atoms with van der Waals surface area (Å²) in [6.45, 7) is 0.231.